The number of carboxylic acids is 1. The summed E-state index contributed by atoms with van der Waals surface area (Å²) in [6, 6.07) is 7.97. The molecule has 0 radical (unpaired) electrons. The first-order valence-corrected chi connectivity index (χ1v) is 5.78. The molecule has 96 valence electrons. The van der Waals surface area contributed by atoms with E-state index in [1.165, 1.54) is 10.7 Å². The molecule has 3 rings (SSSR count). The second-order valence-electron chi connectivity index (χ2n) is 4.43. The highest BCUT2D eigenvalue weighted by Gasteiger charge is 2.15. The second-order valence-corrected chi connectivity index (χ2v) is 4.43. The molecule has 0 spiro atoms. The maximum Gasteiger partial charge on any atom is 0.356 e. The van der Waals surface area contributed by atoms with Crippen LogP contribution in [0.25, 0.3) is 17.2 Å². The third kappa shape index (κ3) is 1.77. The molecule has 0 fully saturated rings. The monoisotopic (exact) mass is 256 g/mol. The van der Waals surface area contributed by atoms with Crippen molar-refractivity contribution in [2.75, 3.05) is 0 Å². The number of rotatable bonds is 2. The summed E-state index contributed by atoms with van der Waals surface area (Å²) in [5.74, 6) is 0.208. The van der Waals surface area contributed by atoms with Gasteiger partial charge in [0, 0.05) is 12.6 Å². The second kappa shape index (κ2) is 3.94. The number of imidazole rings is 1. The van der Waals surface area contributed by atoms with Crippen molar-refractivity contribution in [2.45, 2.75) is 6.92 Å². The first kappa shape index (κ1) is 11.5. The van der Waals surface area contributed by atoms with E-state index >= 15 is 0 Å². The van der Waals surface area contributed by atoms with E-state index in [1.54, 1.807) is 4.57 Å². The Balaban J connectivity index is 2.18. The third-order valence-electron chi connectivity index (χ3n) is 2.99. The van der Waals surface area contributed by atoms with Gasteiger partial charge in [-0.25, -0.2) is 14.3 Å². The first-order valence-electron chi connectivity index (χ1n) is 5.78. The molecule has 19 heavy (non-hydrogen) atoms. The molecule has 0 saturated heterocycles. The van der Waals surface area contributed by atoms with Crippen LogP contribution < -0.4 is 0 Å². The van der Waals surface area contributed by atoms with E-state index in [1.807, 2.05) is 38.2 Å². The molecule has 1 aromatic carbocycles. The Labute approximate surface area is 108 Å². The van der Waals surface area contributed by atoms with Crippen LogP contribution >= 0.6 is 0 Å². The van der Waals surface area contributed by atoms with Crippen LogP contribution in [0, 0.1) is 6.92 Å². The number of benzene rings is 1. The largest absolute Gasteiger partial charge is 0.476 e. The fourth-order valence-corrected chi connectivity index (χ4v) is 2.07. The first-order chi connectivity index (χ1) is 9.06. The van der Waals surface area contributed by atoms with E-state index in [4.69, 9.17) is 5.11 Å². The molecule has 2 aromatic heterocycles. The minimum atomic E-state index is -1.05. The van der Waals surface area contributed by atoms with Crippen molar-refractivity contribution in [3.8, 4) is 11.4 Å². The van der Waals surface area contributed by atoms with E-state index in [0.717, 1.165) is 17.0 Å². The van der Waals surface area contributed by atoms with Crippen molar-refractivity contribution in [1.29, 1.82) is 0 Å². The molecular weight excluding hydrogens is 244 g/mol. The summed E-state index contributed by atoms with van der Waals surface area (Å²) in [7, 11) is 1.82. The van der Waals surface area contributed by atoms with Crippen LogP contribution in [0.15, 0.2) is 30.5 Å². The number of aromatic carboxylic acids is 1. The molecule has 0 saturated carbocycles. The normalized spacial score (nSPS) is 11.1. The van der Waals surface area contributed by atoms with Gasteiger partial charge < -0.3 is 5.11 Å². The summed E-state index contributed by atoms with van der Waals surface area (Å²) >= 11 is 0. The van der Waals surface area contributed by atoms with Crippen molar-refractivity contribution >= 4 is 11.7 Å². The molecule has 0 aliphatic carbocycles. The summed E-state index contributed by atoms with van der Waals surface area (Å²) in [6.45, 7) is 2.01. The summed E-state index contributed by atoms with van der Waals surface area (Å²) in [5, 5.41) is 13.3. The zero-order chi connectivity index (χ0) is 13.6. The minimum Gasteiger partial charge on any atom is -0.476 e. The van der Waals surface area contributed by atoms with Crippen LogP contribution in [0.1, 0.15) is 16.1 Å². The van der Waals surface area contributed by atoms with Crippen molar-refractivity contribution in [1.82, 2.24) is 19.2 Å². The lowest BCUT2D eigenvalue weighted by Crippen LogP contribution is -1.98. The molecule has 0 aliphatic rings. The van der Waals surface area contributed by atoms with Gasteiger partial charge in [-0.3, -0.25) is 4.57 Å². The Morgan fingerprint density at radius 3 is 2.79 bits per heavy atom. The van der Waals surface area contributed by atoms with Crippen LogP contribution in [0.4, 0.5) is 0 Å². The lowest BCUT2D eigenvalue weighted by Gasteiger charge is -2.01. The van der Waals surface area contributed by atoms with E-state index in [0.29, 0.717) is 5.78 Å². The van der Waals surface area contributed by atoms with Crippen molar-refractivity contribution in [2.24, 2.45) is 7.05 Å². The standard InChI is InChI=1S/C13H12N4O2/c1-8-4-3-5-9(6-8)11-15-17-7-10(12(18)19)14-13(17)16(11)2/h3-7H,1-2H3,(H,18,19). The summed E-state index contributed by atoms with van der Waals surface area (Å²) in [6.07, 6.45) is 1.41. The number of hydrogen-bond acceptors (Lipinski definition) is 3. The maximum absolute atomic E-state index is 10.9. The van der Waals surface area contributed by atoms with Gasteiger partial charge in [-0.2, -0.15) is 0 Å². The van der Waals surface area contributed by atoms with Crippen molar-refractivity contribution in [3.05, 3.63) is 41.7 Å². The molecule has 2 heterocycles. The lowest BCUT2D eigenvalue weighted by atomic mass is 10.1. The Kier molecular flexibility index (Phi) is 2.38. The van der Waals surface area contributed by atoms with Crippen molar-refractivity contribution < 1.29 is 9.90 Å². The minimum absolute atomic E-state index is 0.00566. The molecule has 6 nitrogen and oxygen atoms in total. The highest BCUT2D eigenvalue weighted by atomic mass is 16.4. The Morgan fingerprint density at radius 1 is 1.37 bits per heavy atom. The van der Waals surface area contributed by atoms with Gasteiger partial charge >= 0.3 is 5.97 Å². The summed E-state index contributed by atoms with van der Waals surface area (Å²) < 4.78 is 3.27. The Morgan fingerprint density at radius 2 is 2.16 bits per heavy atom. The van der Waals surface area contributed by atoms with E-state index < -0.39 is 5.97 Å². The van der Waals surface area contributed by atoms with E-state index in [9.17, 15) is 4.79 Å². The number of carbonyl (C=O) groups is 1. The third-order valence-corrected chi connectivity index (χ3v) is 2.99. The average molecular weight is 256 g/mol. The van der Waals surface area contributed by atoms with Gasteiger partial charge in [0.05, 0.1) is 6.20 Å². The van der Waals surface area contributed by atoms with Gasteiger partial charge in [0.25, 0.3) is 0 Å². The molecule has 6 heteroatoms. The van der Waals surface area contributed by atoms with Gasteiger partial charge in [-0.1, -0.05) is 23.8 Å². The molecule has 0 bridgehead atoms. The number of carboxylic acid groups (broad SMARTS) is 1. The Hall–Kier alpha value is -2.63. The number of nitrogens with zero attached hydrogens (tertiary/aromatic N) is 4. The van der Waals surface area contributed by atoms with Gasteiger partial charge in [-0.15, -0.1) is 5.10 Å². The molecule has 0 atom stereocenters. The molecular formula is C13H12N4O2. The number of aromatic nitrogens is 4. The van der Waals surface area contributed by atoms with Gasteiger partial charge in [0.1, 0.15) is 0 Å². The average Bonchev–Trinajstić information content (AvgIpc) is 2.90. The summed E-state index contributed by atoms with van der Waals surface area (Å²) in [5.41, 5.74) is 2.11. The quantitative estimate of drug-likeness (QED) is 0.758. The Bertz CT molecular complexity index is 785. The van der Waals surface area contributed by atoms with Crippen LogP contribution in [0.2, 0.25) is 0 Å². The molecule has 0 amide bonds. The topological polar surface area (TPSA) is 72.4 Å². The molecule has 1 N–H and O–H groups in total. The predicted molar refractivity (Wildman–Crippen MR) is 69.1 cm³/mol. The predicted octanol–water partition coefficient (Wildman–Crippen LogP) is 1.74. The highest BCUT2D eigenvalue weighted by molar-refractivity contribution is 5.85. The van der Waals surface area contributed by atoms with Crippen molar-refractivity contribution in [3.63, 3.8) is 0 Å². The zero-order valence-electron chi connectivity index (χ0n) is 10.5. The number of aryl methyl sites for hydroxylation is 2. The number of hydrogen-bond donors (Lipinski definition) is 1. The number of fused-ring (bicyclic) bond motifs is 1. The van der Waals surface area contributed by atoms with Crippen LogP contribution in [-0.4, -0.2) is 30.2 Å². The van der Waals surface area contributed by atoms with Crippen LogP contribution in [-0.2, 0) is 7.05 Å². The molecule has 3 aromatic rings. The smallest absolute Gasteiger partial charge is 0.356 e. The van der Waals surface area contributed by atoms with E-state index in [2.05, 4.69) is 10.1 Å². The molecule has 0 aliphatic heterocycles. The maximum atomic E-state index is 10.9. The van der Waals surface area contributed by atoms with Crippen LogP contribution in [0.5, 0.6) is 0 Å². The SMILES string of the molecule is Cc1cccc(-c2nn3cc(C(=O)O)nc3n2C)c1. The summed E-state index contributed by atoms with van der Waals surface area (Å²) in [4.78, 5) is 14.9. The van der Waals surface area contributed by atoms with Gasteiger partial charge in [0.15, 0.2) is 11.5 Å². The zero-order valence-corrected chi connectivity index (χ0v) is 10.5. The van der Waals surface area contributed by atoms with Gasteiger partial charge in [-0.05, 0) is 13.0 Å². The van der Waals surface area contributed by atoms with E-state index in [-0.39, 0.29) is 5.69 Å². The molecule has 0 unspecified atom stereocenters. The van der Waals surface area contributed by atoms with Crippen LogP contribution in [0.3, 0.4) is 0 Å². The highest BCUT2D eigenvalue weighted by Crippen LogP contribution is 2.20. The lowest BCUT2D eigenvalue weighted by molar-refractivity contribution is 0.0691. The fraction of sp³-hybridized carbons (Fsp3) is 0.154. The fourth-order valence-electron chi connectivity index (χ4n) is 2.07. The van der Waals surface area contributed by atoms with Gasteiger partial charge in [0.2, 0.25) is 5.78 Å².